The number of rotatable bonds is 2. The van der Waals surface area contributed by atoms with Crippen molar-refractivity contribution in [2.45, 2.75) is 40.8 Å². The van der Waals surface area contributed by atoms with Crippen molar-refractivity contribution in [3.63, 3.8) is 0 Å². The average molecular weight is 249 g/mol. The van der Waals surface area contributed by atoms with Crippen molar-refractivity contribution in [3.8, 4) is 0 Å². The molecular weight excluding hydrogens is 222 g/mol. The van der Waals surface area contributed by atoms with Gasteiger partial charge < -0.3 is 4.74 Å². The molecule has 0 radical (unpaired) electrons. The summed E-state index contributed by atoms with van der Waals surface area (Å²) in [6.45, 7) is 16.0. The van der Waals surface area contributed by atoms with Crippen molar-refractivity contribution in [1.29, 1.82) is 0 Å². The summed E-state index contributed by atoms with van der Waals surface area (Å²) in [5.41, 5.74) is 3.41. The Balaban J connectivity index is 0. The minimum atomic E-state index is -0.0867. The number of methoxy groups -OCH3 is 1. The zero-order valence-electron chi connectivity index (χ0n) is 12.7. The van der Waals surface area contributed by atoms with Crippen LogP contribution in [0.5, 0.6) is 0 Å². The van der Waals surface area contributed by atoms with Crippen LogP contribution in [0, 0.1) is 0 Å². The lowest BCUT2D eigenvalue weighted by molar-refractivity contribution is 0.126. The molecule has 18 heavy (non-hydrogen) atoms. The number of allylic oxidation sites excluding steroid dienone is 6. The minimum absolute atomic E-state index is 0.0867. The van der Waals surface area contributed by atoms with E-state index in [4.69, 9.17) is 4.74 Å². The van der Waals surface area contributed by atoms with Gasteiger partial charge in [0, 0.05) is 7.11 Å². The van der Waals surface area contributed by atoms with Crippen molar-refractivity contribution < 1.29 is 4.74 Å². The molecule has 102 valence electrons. The zero-order valence-corrected chi connectivity index (χ0v) is 12.7. The predicted octanol–water partition coefficient (Wildman–Crippen LogP) is 4.71. The molecule has 2 heteroatoms. The van der Waals surface area contributed by atoms with E-state index < -0.39 is 0 Å². The molecule has 1 atom stereocenters. The highest BCUT2D eigenvalue weighted by atomic mass is 16.5. The van der Waals surface area contributed by atoms with E-state index >= 15 is 0 Å². The van der Waals surface area contributed by atoms with Crippen LogP contribution >= 0.6 is 0 Å². The minimum Gasteiger partial charge on any atom is -0.360 e. The Morgan fingerprint density at radius 1 is 1.28 bits per heavy atom. The van der Waals surface area contributed by atoms with E-state index in [-0.39, 0.29) is 6.23 Å². The summed E-state index contributed by atoms with van der Waals surface area (Å²) in [7, 11) is 1.66. The van der Waals surface area contributed by atoms with Crippen molar-refractivity contribution >= 4 is 5.71 Å². The first-order chi connectivity index (χ1) is 8.67. The maximum Gasteiger partial charge on any atom is 0.145 e. The fourth-order valence-corrected chi connectivity index (χ4v) is 1.27. The Kier molecular flexibility index (Phi) is 12.7. The van der Waals surface area contributed by atoms with Gasteiger partial charge in [-0.2, -0.15) is 0 Å². The van der Waals surface area contributed by atoms with Gasteiger partial charge in [-0.3, -0.25) is 4.99 Å². The van der Waals surface area contributed by atoms with Gasteiger partial charge in [0.05, 0.1) is 5.71 Å². The van der Waals surface area contributed by atoms with Crippen LogP contribution in [0.2, 0.25) is 0 Å². The largest absolute Gasteiger partial charge is 0.360 e. The third-order valence-corrected chi connectivity index (χ3v) is 2.16. The Morgan fingerprint density at radius 2 is 1.83 bits per heavy atom. The summed E-state index contributed by atoms with van der Waals surface area (Å²) >= 11 is 0. The zero-order chi connectivity index (χ0) is 14.6. The van der Waals surface area contributed by atoms with E-state index in [0.29, 0.717) is 0 Å². The van der Waals surface area contributed by atoms with Crippen LogP contribution in [0.25, 0.3) is 0 Å². The lowest BCUT2D eigenvalue weighted by Crippen LogP contribution is -2.09. The van der Waals surface area contributed by atoms with E-state index in [0.717, 1.165) is 11.3 Å². The van der Waals surface area contributed by atoms with Crippen LogP contribution in [0.4, 0.5) is 0 Å². The molecule has 0 bridgehead atoms. The van der Waals surface area contributed by atoms with Crippen LogP contribution in [-0.2, 0) is 4.74 Å². The number of hydrogen-bond donors (Lipinski definition) is 0. The molecule has 1 aliphatic rings. The predicted molar refractivity (Wildman–Crippen MR) is 83.2 cm³/mol. The summed E-state index contributed by atoms with van der Waals surface area (Å²) in [6.07, 6.45) is 8.19. The number of ether oxygens (including phenoxy) is 1. The summed E-state index contributed by atoms with van der Waals surface area (Å²) in [5.74, 6) is 0. The second-order valence-electron chi connectivity index (χ2n) is 3.32. The van der Waals surface area contributed by atoms with Crippen molar-refractivity contribution in [1.82, 2.24) is 0 Å². The van der Waals surface area contributed by atoms with Crippen LogP contribution in [-0.4, -0.2) is 19.0 Å². The third-order valence-electron chi connectivity index (χ3n) is 2.16. The van der Waals surface area contributed by atoms with Gasteiger partial charge in [0.1, 0.15) is 6.23 Å². The first kappa shape index (κ1) is 18.9. The maximum absolute atomic E-state index is 5.10. The van der Waals surface area contributed by atoms with Crippen molar-refractivity contribution in [2.75, 3.05) is 7.11 Å². The second kappa shape index (κ2) is 12.1. The Bertz CT molecular complexity index is 335. The molecule has 0 aromatic carbocycles. The summed E-state index contributed by atoms with van der Waals surface area (Å²) < 4.78 is 5.10. The average Bonchev–Trinajstić information content (AvgIpc) is 2.45. The molecular formula is C16H27NO. The molecule has 1 rings (SSSR count). The summed E-state index contributed by atoms with van der Waals surface area (Å²) in [6, 6.07) is 0. The van der Waals surface area contributed by atoms with Gasteiger partial charge in [0.15, 0.2) is 0 Å². The fraction of sp³-hybridized carbons (Fsp3) is 0.438. The smallest absolute Gasteiger partial charge is 0.145 e. The van der Waals surface area contributed by atoms with E-state index in [2.05, 4.69) is 43.3 Å². The Labute approximate surface area is 112 Å². The highest BCUT2D eigenvalue weighted by Gasteiger charge is 2.06. The molecule has 0 saturated carbocycles. The van der Waals surface area contributed by atoms with E-state index in [1.54, 1.807) is 7.11 Å². The standard InChI is InChI=1S/C12H17NO.C2H6.C2H4/c1-5-11-8-9(2)6-7-12(11)13-10(3)14-4;2*1-2/h5-8,10H,1-4H3;1-2H3;1-2H2/b11-5-,13-12-;;. The SMILES string of the molecule is C/C=C1/C=C(C)C=C/C1=N/C(C)OC.C=C.CC. The fourth-order valence-electron chi connectivity index (χ4n) is 1.27. The molecule has 0 N–H and O–H groups in total. The number of nitrogens with zero attached hydrogens (tertiary/aromatic N) is 1. The molecule has 2 nitrogen and oxygen atoms in total. The van der Waals surface area contributed by atoms with Gasteiger partial charge in [0.25, 0.3) is 0 Å². The van der Waals surface area contributed by atoms with E-state index in [9.17, 15) is 0 Å². The van der Waals surface area contributed by atoms with Gasteiger partial charge in [-0.05, 0) is 32.4 Å². The molecule has 0 spiro atoms. The summed E-state index contributed by atoms with van der Waals surface area (Å²) in [5, 5.41) is 0. The first-order valence-corrected chi connectivity index (χ1v) is 6.31. The molecule has 0 saturated heterocycles. The first-order valence-electron chi connectivity index (χ1n) is 6.31. The lowest BCUT2D eigenvalue weighted by atomic mass is 10.0. The number of aliphatic imine (C=N–C) groups is 1. The van der Waals surface area contributed by atoms with Crippen LogP contribution < -0.4 is 0 Å². The van der Waals surface area contributed by atoms with Gasteiger partial charge in [-0.25, -0.2) is 0 Å². The normalized spacial score (nSPS) is 19.3. The maximum atomic E-state index is 5.10. The quantitative estimate of drug-likeness (QED) is 0.649. The molecule has 0 amide bonds. The van der Waals surface area contributed by atoms with Crippen LogP contribution in [0.15, 0.2) is 53.6 Å². The monoisotopic (exact) mass is 249 g/mol. The highest BCUT2D eigenvalue weighted by Crippen LogP contribution is 2.14. The molecule has 0 heterocycles. The Morgan fingerprint density at radius 3 is 2.28 bits per heavy atom. The van der Waals surface area contributed by atoms with E-state index in [1.165, 1.54) is 5.57 Å². The topological polar surface area (TPSA) is 21.6 Å². The van der Waals surface area contributed by atoms with Gasteiger partial charge in [-0.15, -0.1) is 13.2 Å². The van der Waals surface area contributed by atoms with Crippen molar-refractivity contribution in [3.05, 3.63) is 48.6 Å². The van der Waals surface area contributed by atoms with E-state index in [1.807, 2.05) is 33.8 Å². The molecule has 0 aromatic rings. The third kappa shape index (κ3) is 7.02. The summed E-state index contributed by atoms with van der Waals surface area (Å²) in [4.78, 5) is 4.44. The van der Waals surface area contributed by atoms with Crippen LogP contribution in [0.3, 0.4) is 0 Å². The van der Waals surface area contributed by atoms with Crippen LogP contribution in [0.1, 0.15) is 34.6 Å². The van der Waals surface area contributed by atoms with Gasteiger partial charge >= 0.3 is 0 Å². The molecule has 0 aromatic heterocycles. The molecule has 1 unspecified atom stereocenters. The lowest BCUT2D eigenvalue weighted by Gasteiger charge is -2.11. The van der Waals surface area contributed by atoms with Gasteiger partial charge in [-0.1, -0.05) is 37.6 Å². The molecule has 0 fully saturated rings. The van der Waals surface area contributed by atoms with Crippen molar-refractivity contribution in [2.24, 2.45) is 4.99 Å². The second-order valence-corrected chi connectivity index (χ2v) is 3.32. The molecule has 0 aliphatic heterocycles. The van der Waals surface area contributed by atoms with Gasteiger partial charge in [0.2, 0.25) is 0 Å². The number of hydrogen-bond acceptors (Lipinski definition) is 2. The Hall–Kier alpha value is -1.41. The highest BCUT2D eigenvalue weighted by molar-refractivity contribution is 6.11. The molecule has 1 aliphatic carbocycles.